The number of rotatable bonds is 3. The van der Waals surface area contributed by atoms with Crippen molar-refractivity contribution in [3.8, 4) is 0 Å². The van der Waals surface area contributed by atoms with Gasteiger partial charge in [-0.05, 0) is 24.3 Å². The first-order chi connectivity index (χ1) is 7.78. The molecule has 0 aliphatic carbocycles. The van der Waals surface area contributed by atoms with E-state index in [0.29, 0.717) is 11.4 Å². The van der Waals surface area contributed by atoms with Crippen LogP contribution in [0.5, 0.6) is 0 Å². The van der Waals surface area contributed by atoms with Gasteiger partial charge in [0.15, 0.2) is 0 Å². The molecule has 84 valence electrons. The molecule has 1 rings (SSSR count). The SMILES string of the molecule is CCCC.O=C=Nc1ccc(N=C=O)cc1. The Bertz CT molecular complexity index is 347. The third kappa shape index (κ3) is 6.44. The van der Waals surface area contributed by atoms with Gasteiger partial charge < -0.3 is 0 Å². The zero-order chi connectivity index (χ0) is 12.2. The molecular formula is C12H14N2O2. The summed E-state index contributed by atoms with van der Waals surface area (Å²) in [6, 6.07) is 6.23. The van der Waals surface area contributed by atoms with Crippen molar-refractivity contribution in [1.82, 2.24) is 0 Å². The van der Waals surface area contributed by atoms with Crippen LogP contribution in [0.1, 0.15) is 26.7 Å². The molecule has 0 bridgehead atoms. The minimum Gasteiger partial charge on any atom is -0.211 e. The van der Waals surface area contributed by atoms with Crippen LogP contribution in [0, 0.1) is 0 Å². The Morgan fingerprint density at radius 2 is 1.19 bits per heavy atom. The highest BCUT2D eigenvalue weighted by atomic mass is 16.1. The highest BCUT2D eigenvalue weighted by molar-refractivity contribution is 5.55. The molecule has 0 N–H and O–H groups in total. The monoisotopic (exact) mass is 218 g/mol. The van der Waals surface area contributed by atoms with Gasteiger partial charge in [0, 0.05) is 0 Å². The Labute approximate surface area is 94.7 Å². The van der Waals surface area contributed by atoms with Crippen molar-refractivity contribution >= 4 is 23.5 Å². The predicted molar refractivity (Wildman–Crippen MR) is 62.6 cm³/mol. The number of nitrogens with zero attached hydrogens (tertiary/aromatic N) is 2. The lowest BCUT2D eigenvalue weighted by Gasteiger charge is -1.89. The van der Waals surface area contributed by atoms with E-state index >= 15 is 0 Å². The summed E-state index contributed by atoms with van der Waals surface area (Å²) in [7, 11) is 0. The smallest absolute Gasteiger partial charge is 0.211 e. The third-order valence-electron chi connectivity index (χ3n) is 1.70. The van der Waals surface area contributed by atoms with Gasteiger partial charge >= 0.3 is 0 Å². The van der Waals surface area contributed by atoms with E-state index in [1.54, 1.807) is 24.3 Å². The van der Waals surface area contributed by atoms with Gasteiger partial charge in [0.05, 0.1) is 11.4 Å². The van der Waals surface area contributed by atoms with Gasteiger partial charge in [0.25, 0.3) is 0 Å². The van der Waals surface area contributed by atoms with E-state index in [0.717, 1.165) is 0 Å². The van der Waals surface area contributed by atoms with Crippen LogP contribution >= 0.6 is 0 Å². The summed E-state index contributed by atoms with van der Waals surface area (Å²) in [5.74, 6) is 0. The summed E-state index contributed by atoms with van der Waals surface area (Å²) in [5, 5.41) is 0. The number of hydrogen-bond acceptors (Lipinski definition) is 4. The van der Waals surface area contributed by atoms with Gasteiger partial charge in [-0.3, -0.25) is 0 Å². The zero-order valence-electron chi connectivity index (χ0n) is 9.43. The Kier molecular flexibility index (Phi) is 8.33. The molecule has 0 fully saturated rings. The van der Waals surface area contributed by atoms with E-state index < -0.39 is 0 Å². The van der Waals surface area contributed by atoms with Crippen molar-refractivity contribution in [2.75, 3.05) is 0 Å². The van der Waals surface area contributed by atoms with Gasteiger partial charge in [0.1, 0.15) is 0 Å². The van der Waals surface area contributed by atoms with Crippen molar-refractivity contribution in [2.24, 2.45) is 9.98 Å². The largest absolute Gasteiger partial charge is 0.240 e. The third-order valence-corrected chi connectivity index (χ3v) is 1.70. The molecule has 4 heteroatoms. The van der Waals surface area contributed by atoms with Crippen LogP contribution in [-0.4, -0.2) is 12.2 Å². The lowest BCUT2D eigenvalue weighted by molar-refractivity contribution is 0.564. The van der Waals surface area contributed by atoms with Gasteiger partial charge in [-0.15, -0.1) is 0 Å². The lowest BCUT2D eigenvalue weighted by atomic mass is 10.3. The molecule has 0 spiro atoms. The fraction of sp³-hybridized carbons (Fsp3) is 0.333. The molecular weight excluding hydrogens is 204 g/mol. The molecule has 0 saturated heterocycles. The van der Waals surface area contributed by atoms with E-state index in [4.69, 9.17) is 0 Å². The first kappa shape index (κ1) is 14.0. The average Bonchev–Trinajstić information content (AvgIpc) is 2.33. The summed E-state index contributed by atoms with van der Waals surface area (Å²) in [5.41, 5.74) is 0.963. The van der Waals surface area contributed by atoms with E-state index in [2.05, 4.69) is 23.8 Å². The molecule has 0 atom stereocenters. The van der Waals surface area contributed by atoms with Crippen LogP contribution in [-0.2, 0) is 9.59 Å². The van der Waals surface area contributed by atoms with Crippen molar-refractivity contribution in [2.45, 2.75) is 26.7 Å². The van der Waals surface area contributed by atoms with E-state index in [1.165, 1.54) is 25.0 Å². The lowest BCUT2D eigenvalue weighted by Crippen LogP contribution is -1.64. The average molecular weight is 218 g/mol. The van der Waals surface area contributed by atoms with E-state index in [-0.39, 0.29) is 0 Å². The topological polar surface area (TPSA) is 58.9 Å². The van der Waals surface area contributed by atoms with Crippen LogP contribution in [0.15, 0.2) is 34.3 Å². The summed E-state index contributed by atoms with van der Waals surface area (Å²) < 4.78 is 0. The molecule has 0 unspecified atom stereocenters. The number of carbonyl (C=O) groups excluding carboxylic acids is 2. The summed E-state index contributed by atoms with van der Waals surface area (Å²) in [6.45, 7) is 4.36. The molecule has 0 aliphatic heterocycles. The highest BCUT2D eigenvalue weighted by Crippen LogP contribution is 2.16. The number of benzene rings is 1. The second kappa shape index (κ2) is 9.53. The number of aliphatic imine (C=N–C) groups is 2. The summed E-state index contributed by atoms with van der Waals surface area (Å²) in [4.78, 5) is 26.3. The van der Waals surface area contributed by atoms with Gasteiger partial charge in [0.2, 0.25) is 12.2 Å². The normalized spacial score (nSPS) is 7.88. The van der Waals surface area contributed by atoms with Gasteiger partial charge in [-0.1, -0.05) is 26.7 Å². The number of hydrogen-bond donors (Lipinski definition) is 0. The standard InChI is InChI=1S/C8H4N2O2.C4H10/c11-5-9-7-1-2-8(4-3-7)10-6-12;1-3-4-2/h1-4H;3-4H2,1-2H3. The first-order valence-electron chi connectivity index (χ1n) is 5.04. The fourth-order valence-corrected chi connectivity index (χ4v) is 0.707. The zero-order valence-corrected chi connectivity index (χ0v) is 9.43. The van der Waals surface area contributed by atoms with E-state index in [9.17, 15) is 9.59 Å². The minimum atomic E-state index is 0.481. The van der Waals surface area contributed by atoms with Crippen LogP contribution < -0.4 is 0 Å². The fourth-order valence-electron chi connectivity index (χ4n) is 0.707. The first-order valence-corrected chi connectivity index (χ1v) is 5.04. The van der Waals surface area contributed by atoms with Crippen molar-refractivity contribution < 1.29 is 9.59 Å². The van der Waals surface area contributed by atoms with Crippen LogP contribution in [0.2, 0.25) is 0 Å². The quantitative estimate of drug-likeness (QED) is 0.576. The highest BCUT2D eigenvalue weighted by Gasteiger charge is 1.89. The van der Waals surface area contributed by atoms with Crippen LogP contribution in [0.3, 0.4) is 0 Å². The molecule has 0 saturated carbocycles. The molecule has 1 aromatic rings. The summed E-state index contributed by atoms with van der Waals surface area (Å²) in [6.07, 6.45) is 5.44. The Hall–Kier alpha value is -2.02. The molecule has 16 heavy (non-hydrogen) atoms. The maximum absolute atomic E-state index is 9.81. The van der Waals surface area contributed by atoms with Gasteiger partial charge in [-0.25, -0.2) is 9.59 Å². The minimum absolute atomic E-state index is 0.481. The van der Waals surface area contributed by atoms with Crippen LogP contribution in [0.4, 0.5) is 11.4 Å². The number of isocyanates is 2. The second-order valence-electron chi connectivity index (χ2n) is 2.92. The van der Waals surface area contributed by atoms with Crippen molar-refractivity contribution in [1.29, 1.82) is 0 Å². The maximum Gasteiger partial charge on any atom is 0.240 e. The van der Waals surface area contributed by atoms with Gasteiger partial charge in [-0.2, -0.15) is 9.98 Å². The van der Waals surface area contributed by atoms with Crippen LogP contribution in [0.25, 0.3) is 0 Å². The van der Waals surface area contributed by atoms with Crippen molar-refractivity contribution in [3.05, 3.63) is 24.3 Å². The molecule has 1 aromatic carbocycles. The Morgan fingerprint density at radius 1 is 0.875 bits per heavy atom. The molecule has 0 radical (unpaired) electrons. The molecule has 0 heterocycles. The second-order valence-corrected chi connectivity index (χ2v) is 2.92. The molecule has 4 nitrogen and oxygen atoms in total. The van der Waals surface area contributed by atoms with Crippen molar-refractivity contribution in [3.63, 3.8) is 0 Å². The molecule has 0 amide bonds. The Morgan fingerprint density at radius 3 is 1.38 bits per heavy atom. The molecule has 0 aliphatic rings. The Balaban J connectivity index is 0.000000487. The molecule has 0 aromatic heterocycles. The van der Waals surface area contributed by atoms with E-state index in [1.807, 2.05) is 0 Å². The number of unbranched alkanes of at least 4 members (excludes halogenated alkanes) is 1. The summed E-state index contributed by atoms with van der Waals surface area (Å²) >= 11 is 0. The predicted octanol–water partition coefficient (Wildman–Crippen LogP) is 3.43. The maximum atomic E-state index is 9.81.